The van der Waals surface area contributed by atoms with E-state index in [1.54, 1.807) is 26.0 Å². The molecule has 23 heavy (non-hydrogen) atoms. The summed E-state index contributed by atoms with van der Waals surface area (Å²) in [5, 5.41) is 0. The average molecular weight is 317 g/mol. The molecule has 3 nitrogen and oxygen atoms in total. The Hall–Kier alpha value is -2.30. The van der Waals surface area contributed by atoms with Crippen LogP contribution in [0, 0.1) is 19.7 Å². The molecule has 0 spiro atoms. The average Bonchev–Trinajstić information content (AvgIpc) is 2.78. The highest BCUT2D eigenvalue weighted by atomic mass is 19.1. The molecule has 0 N–H and O–H groups in total. The van der Waals surface area contributed by atoms with Crippen LogP contribution in [-0.2, 0) is 0 Å². The van der Waals surface area contributed by atoms with Crippen molar-refractivity contribution in [2.75, 3.05) is 0 Å². The van der Waals surface area contributed by atoms with E-state index in [1.165, 1.54) is 6.20 Å². The maximum absolute atomic E-state index is 14.0. The smallest absolute Gasteiger partial charge is 0.148 e. The molecule has 5 heteroatoms. The maximum atomic E-state index is 14.0. The van der Waals surface area contributed by atoms with Gasteiger partial charge in [-0.3, -0.25) is 4.98 Å². The highest BCUT2D eigenvalue weighted by molar-refractivity contribution is 5.82. The first-order valence-electron chi connectivity index (χ1n) is 7.46. The van der Waals surface area contributed by atoms with Gasteiger partial charge in [-0.2, -0.15) is 0 Å². The number of hydrogen-bond acceptors (Lipinski definition) is 2. The van der Waals surface area contributed by atoms with Crippen LogP contribution in [0.25, 0.3) is 17.5 Å². The van der Waals surface area contributed by atoms with Crippen molar-refractivity contribution in [2.45, 2.75) is 40.7 Å². The van der Waals surface area contributed by atoms with Gasteiger partial charge in [0.15, 0.2) is 0 Å². The van der Waals surface area contributed by atoms with Crippen molar-refractivity contribution >= 4 is 17.5 Å². The highest BCUT2D eigenvalue weighted by Gasteiger charge is 2.18. The van der Waals surface area contributed by atoms with E-state index in [4.69, 9.17) is 0 Å². The van der Waals surface area contributed by atoms with Crippen LogP contribution >= 0.6 is 0 Å². The molecule has 2 heterocycles. The molecule has 2 aromatic heterocycles. The molecule has 0 saturated heterocycles. The van der Waals surface area contributed by atoms with Gasteiger partial charge in [0.2, 0.25) is 0 Å². The Balaban J connectivity index is 2.66. The lowest BCUT2D eigenvalue weighted by molar-refractivity contribution is 0.578. The van der Waals surface area contributed by atoms with Crippen LogP contribution in [0.3, 0.4) is 0 Å². The third-order valence-corrected chi connectivity index (χ3v) is 3.67. The van der Waals surface area contributed by atoms with Crippen LogP contribution in [0.4, 0.5) is 8.78 Å². The minimum atomic E-state index is -0.599. The van der Waals surface area contributed by atoms with Gasteiger partial charge in [0.25, 0.3) is 0 Å². The number of pyridine rings is 1. The van der Waals surface area contributed by atoms with Gasteiger partial charge in [0.1, 0.15) is 23.2 Å². The molecule has 0 fully saturated rings. The zero-order valence-electron chi connectivity index (χ0n) is 14.1. The first-order chi connectivity index (χ1) is 10.7. The summed E-state index contributed by atoms with van der Waals surface area (Å²) in [6.45, 7) is 12.7. The topological polar surface area (TPSA) is 30.7 Å². The van der Waals surface area contributed by atoms with E-state index in [0.29, 0.717) is 22.7 Å². The van der Waals surface area contributed by atoms with Crippen molar-refractivity contribution in [3.05, 3.63) is 53.1 Å². The van der Waals surface area contributed by atoms with E-state index in [9.17, 15) is 8.78 Å². The lowest BCUT2D eigenvalue weighted by atomic mass is 10.1. The predicted molar refractivity (Wildman–Crippen MR) is 90.0 cm³/mol. The molecule has 0 saturated carbocycles. The van der Waals surface area contributed by atoms with E-state index >= 15 is 0 Å². The largest absolute Gasteiger partial charge is 0.326 e. The summed E-state index contributed by atoms with van der Waals surface area (Å²) in [5.74, 6) is -0.311. The fraction of sp³-hybridized carbons (Fsp3) is 0.333. The summed E-state index contributed by atoms with van der Waals surface area (Å²) in [5.41, 5.74) is 2.63. The number of aromatic nitrogens is 3. The molecule has 0 radical (unpaired) electrons. The van der Waals surface area contributed by atoms with Gasteiger partial charge in [0.05, 0.1) is 11.9 Å². The SMILES string of the molecule is C=C(F)c1nc(C)n(C(C)C)c1/C=C(\C)c1cc(C)ncc1F. The zero-order chi connectivity index (χ0) is 17.3. The van der Waals surface area contributed by atoms with Crippen molar-refractivity contribution < 1.29 is 8.78 Å². The molecule has 0 aromatic carbocycles. The summed E-state index contributed by atoms with van der Waals surface area (Å²) < 4.78 is 29.7. The van der Waals surface area contributed by atoms with Gasteiger partial charge in [-0.25, -0.2) is 13.8 Å². The Morgan fingerprint density at radius 1 is 1.35 bits per heavy atom. The Labute approximate surface area is 135 Å². The zero-order valence-corrected chi connectivity index (χ0v) is 14.1. The number of hydrogen-bond donors (Lipinski definition) is 0. The maximum Gasteiger partial charge on any atom is 0.148 e. The van der Waals surface area contributed by atoms with Crippen LogP contribution in [0.5, 0.6) is 0 Å². The minimum Gasteiger partial charge on any atom is -0.326 e. The van der Waals surface area contributed by atoms with E-state index in [2.05, 4.69) is 16.5 Å². The van der Waals surface area contributed by atoms with Gasteiger partial charge >= 0.3 is 0 Å². The Bertz CT molecular complexity index is 786. The van der Waals surface area contributed by atoms with Crippen molar-refractivity contribution in [1.29, 1.82) is 0 Å². The fourth-order valence-electron chi connectivity index (χ4n) is 2.68. The summed E-state index contributed by atoms with van der Waals surface area (Å²) >= 11 is 0. The van der Waals surface area contributed by atoms with E-state index in [1.807, 2.05) is 25.3 Å². The first kappa shape index (κ1) is 17.1. The van der Waals surface area contributed by atoms with Crippen molar-refractivity contribution in [3.8, 4) is 0 Å². The number of imidazole rings is 1. The van der Waals surface area contributed by atoms with E-state index in [-0.39, 0.29) is 11.7 Å². The lowest BCUT2D eigenvalue weighted by Crippen LogP contribution is -2.06. The molecule has 0 aliphatic carbocycles. The van der Waals surface area contributed by atoms with E-state index in [0.717, 1.165) is 5.69 Å². The highest BCUT2D eigenvalue weighted by Crippen LogP contribution is 2.28. The molecule has 122 valence electrons. The second kappa shape index (κ2) is 6.44. The Kier molecular flexibility index (Phi) is 4.78. The quantitative estimate of drug-likeness (QED) is 0.784. The van der Waals surface area contributed by atoms with Crippen molar-refractivity contribution in [3.63, 3.8) is 0 Å². The third-order valence-electron chi connectivity index (χ3n) is 3.67. The molecule has 0 unspecified atom stereocenters. The Morgan fingerprint density at radius 2 is 2.00 bits per heavy atom. The molecular formula is C18H21F2N3. The summed E-state index contributed by atoms with van der Waals surface area (Å²) in [4.78, 5) is 8.19. The van der Waals surface area contributed by atoms with Crippen LogP contribution in [0.15, 0.2) is 18.8 Å². The minimum absolute atomic E-state index is 0.0960. The molecule has 2 rings (SSSR count). The monoisotopic (exact) mass is 317 g/mol. The van der Waals surface area contributed by atoms with Gasteiger partial charge in [-0.1, -0.05) is 6.58 Å². The summed E-state index contributed by atoms with van der Waals surface area (Å²) in [6, 6.07) is 1.77. The second-order valence-corrected chi connectivity index (χ2v) is 5.89. The van der Waals surface area contributed by atoms with Crippen LogP contribution in [-0.4, -0.2) is 14.5 Å². The molecule has 0 atom stereocenters. The van der Waals surface area contributed by atoms with Crippen LogP contribution in [0.1, 0.15) is 55.3 Å². The summed E-state index contributed by atoms with van der Waals surface area (Å²) in [6.07, 6.45) is 2.94. The molecule has 2 aromatic rings. The molecule has 0 amide bonds. The molecule has 0 aliphatic rings. The van der Waals surface area contributed by atoms with Gasteiger partial charge in [0, 0.05) is 17.3 Å². The third kappa shape index (κ3) is 3.38. The van der Waals surface area contributed by atoms with Crippen LogP contribution in [0.2, 0.25) is 0 Å². The van der Waals surface area contributed by atoms with Gasteiger partial charge in [-0.15, -0.1) is 0 Å². The molecule has 0 bridgehead atoms. The van der Waals surface area contributed by atoms with Gasteiger partial charge in [-0.05, 0) is 52.3 Å². The number of halogens is 2. The van der Waals surface area contributed by atoms with E-state index < -0.39 is 11.6 Å². The number of aryl methyl sites for hydroxylation is 2. The molecular weight excluding hydrogens is 296 g/mol. The molecule has 0 aliphatic heterocycles. The predicted octanol–water partition coefficient (Wildman–Crippen LogP) is 5.12. The van der Waals surface area contributed by atoms with Crippen molar-refractivity contribution in [1.82, 2.24) is 14.5 Å². The lowest BCUT2D eigenvalue weighted by Gasteiger charge is -2.13. The second-order valence-electron chi connectivity index (χ2n) is 5.89. The number of nitrogens with zero attached hydrogens (tertiary/aromatic N) is 3. The number of allylic oxidation sites excluding steroid dienone is 1. The van der Waals surface area contributed by atoms with Crippen molar-refractivity contribution in [2.24, 2.45) is 0 Å². The summed E-state index contributed by atoms with van der Waals surface area (Å²) in [7, 11) is 0. The fourth-order valence-corrected chi connectivity index (χ4v) is 2.68. The normalized spacial score (nSPS) is 12.1. The Morgan fingerprint density at radius 3 is 2.57 bits per heavy atom. The number of rotatable bonds is 4. The van der Waals surface area contributed by atoms with Gasteiger partial charge < -0.3 is 4.57 Å². The van der Waals surface area contributed by atoms with Crippen LogP contribution < -0.4 is 0 Å². The standard InChI is InChI=1S/C18H21F2N3/c1-10(2)23-14(6)22-18(13(5)19)17(23)7-11(3)15-8-12(4)21-9-16(15)20/h7-10H,5H2,1-4,6H3/b11-7+. The first-order valence-corrected chi connectivity index (χ1v) is 7.46.